The van der Waals surface area contributed by atoms with Gasteiger partial charge in [0.15, 0.2) is 0 Å². The first kappa shape index (κ1) is 12.5. The molecule has 1 aliphatic heterocycles. The van der Waals surface area contributed by atoms with Crippen LogP contribution in [0.1, 0.15) is 12.0 Å². The predicted octanol–water partition coefficient (Wildman–Crippen LogP) is 4.04. The molecule has 1 saturated heterocycles. The third-order valence-electron chi connectivity index (χ3n) is 2.56. The molecule has 0 amide bonds. The number of ether oxygens (including phenoxy) is 1. The third kappa shape index (κ3) is 2.49. The van der Waals surface area contributed by atoms with Crippen molar-refractivity contribution in [2.45, 2.75) is 9.83 Å². The molecule has 0 radical (unpaired) electrons. The van der Waals surface area contributed by atoms with Gasteiger partial charge in [0.1, 0.15) is 9.16 Å². The third-order valence-corrected chi connectivity index (χ3v) is 7.97. The molecule has 1 nitrogen and oxygen atoms in total. The number of methoxy groups -OCH3 is 1. The minimum absolute atomic E-state index is 0.173. The van der Waals surface area contributed by atoms with E-state index in [2.05, 4.69) is 48.0 Å². The first-order valence-corrected chi connectivity index (χ1v) is 8.48. The molecule has 1 aromatic rings. The van der Waals surface area contributed by atoms with Gasteiger partial charge in [-0.1, -0.05) is 12.1 Å². The summed E-state index contributed by atoms with van der Waals surface area (Å²) in [6.45, 7) is 0. The summed E-state index contributed by atoms with van der Waals surface area (Å²) in [6.07, 6.45) is 3.52. The first-order chi connectivity index (χ1) is 7.80. The van der Waals surface area contributed by atoms with Crippen LogP contribution < -0.4 is 4.74 Å². The minimum atomic E-state index is 0.173. The van der Waals surface area contributed by atoms with Gasteiger partial charge in [-0.05, 0) is 41.9 Å². The average molecular weight is 272 g/mol. The molecule has 0 atom stereocenters. The van der Waals surface area contributed by atoms with Crippen molar-refractivity contribution in [3.8, 4) is 5.75 Å². The smallest absolute Gasteiger partial charge is 0.132 e. The molecule has 2 rings (SSSR count). The highest BCUT2D eigenvalue weighted by molar-refractivity contribution is 8.32. The topological polar surface area (TPSA) is 9.23 Å². The molecule has 1 aromatic carbocycles. The Bertz CT molecular complexity index is 348. The molecule has 1 fully saturated rings. The highest BCUT2D eigenvalue weighted by Crippen LogP contribution is 2.57. The second-order valence-corrected chi connectivity index (χ2v) is 7.96. The van der Waals surface area contributed by atoms with Crippen LogP contribution in [0, 0.1) is 0 Å². The van der Waals surface area contributed by atoms with E-state index in [4.69, 9.17) is 4.74 Å². The van der Waals surface area contributed by atoms with E-state index >= 15 is 0 Å². The molecule has 0 aliphatic carbocycles. The Morgan fingerprint density at radius 1 is 1.31 bits per heavy atom. The van der Waals surface area contributed by atoms with Crippen molar-refractivity contribution >= 4 is 35.3 Å². The summed E-state index contributed by atoms with van der Waals surface area (Å²) >= 11 is 6.04. The van der Waals surface area contributed by atoms with E-state index in [0.717, 1.165) is 5.75 Å². The Hall–Kier alpha value is 0.0700. The van der Waals surface area contributed by atoms with Crippen molar-refractivity contribution in [2.75, 3.05) is 24.9 Å². The summed E-state index contributed by atoms with van der Waals surface area (Å²) in [5, 5.41) is 0. The number of hydrogen-bond acceptors (Lipinski definition) is 4. The zero-order valence-electron chi connectivity index (χ0n) is 9.56. The van der Waals surface area contributed by atoms with E-state index in [9.17, 15) is 0 Å². The molecule has 1 aliphatic rings. The van der Waals surface area contributed by atoms with Crippen LogP contribution in [0.4, 0.5) is 0 Å². The monoisotopic (exact) mass is 272 g/mol. The maximum Gasteiger partial charge on any atom is 0.132 e. The van der Waals surface area contributed by atoms with Gasteiger partial charge in [-0.2, -0.15) is 0 Å². The highest BCUT2D eigenvalue weighted by Gasteiger charge is 2.35. The Morgan fingerprint density at radius 3 is 2.69 bits per heavy atom. The molecular formula is C12H16OS3. The quantitative estimate of drug-likeness (QED) is 0.821. The summed E-state index contributed by atoms with van der Waals surface area (Å²) in [4.78, 5) is 0. The van der Waals surface area contributed by atoms with E-state index in [1.165, 1.54) is 23.5 Å². The van der Waals surface area contributed by atoms with Gasteiger partial charge >= 0.3 is 0 Å². The molecule has 0 bridgehead atoms. The molecule has 1 heterocycles. The van der Waals surface area contributed by atoms with Gasteiger partial charge in [0.05, 0.1) is 7.11 Å². The van der Waals surface area contributed by atoms with Gasteiger partial charge in [-0.3, -0.25) is 0 Å². The van der Waals surface area contributed by atoms with Crippen LogP contribution in [0.15, 0.2) is 24.3 Å². The normalized spacial score (nSPS) is 19.4. The lowest BCUT2D eigenvalue weighted by Crippen LogP contribution is -2.18. The van der Waals surface area contributed by atoms with Crippen LogP contribution >= 0.6 is 35.3 Å². The summed E-state index contributed by atoms with van der Waals surface area (Å²) in [5.41, 5.74) is 1.37. The van der Waals surface area contributed by atoms with E-state index in [0.29, 0.717) is 0 Å². The summed E-state index contributed by atoms with van der Waals surface area (Å²) in [5.74, 6) is 3.47. The van der Waals surface area contributed by atoms with Gasteiger partial charge in [0.2, 0.25) is 0 Å². The Kier molecular flexibility index (Phi) is 4.39. The molecule has 0 saturated carbocycles. The number of thioether (sulfide) groups is 3. The van der Waals surface area contributed by atoms with E-state index < -0.39 is 0 Å². The Morgan fingerprint density at radius 2 is 2.06 bits per heavy atom. The van der Waals surface area contributed by atoms with Crippen molar-refractivity contribution in [2.24, 2.45) is 0 Å². The molecular weight excluding hydrogens is 256 g/mol. The lowest BCUT2D eigenvalue weighted by Gasteiger charge is -2.34. The summed E-state index contributed by atoms with van der Waals surface area (Å²) in [7, 11) is 1.73. The first-order valence-electron chi connectivity index (χ1n) is 5.28. The van der Waals surface area contributed by atoms with Crippen LogP contribution in [0.5, 0.6) is 5.75 Å². The Balaban J connectivity index is 2.31. The fourth-order valence-electron chi connectivity index (χ4n) is 1.73. The van der Waals surface area contributed by atoms with E-state index in [1.54, 1.807) is 7.11 Å². The van der Waals surface area contributed by atoms with Gasteiger partial charge in [0.25, 0.3) is 0 Å². The molecule has 4 heteroatoms. The molecule has 16 heavy (non-hydrogen) atoms. The van der Waals surface area contributed by atoms with Crippen LogP contribution in [-0.2, 0) is 3.41 Å². The molecule has 0 N–H and O–H groups in total. The molecule has 0 spiro atoms. The van der Waals surface area contributed by atoms with Crippen molar-refractivity contribution in [1.82, 2.24) is 0 Å². The average Bonchev–Trinajstić information content (AvgIpc) is 2.39. The fourth-order valence-corrected chi connectivity index (χ4v) is 6.25. The fraction of sp³-hybridized carbons (Fsp3) is 0.500. The highest BCUT2D eigenvalue weighted by atomic mass is 32.3. The van der Waals surface area contributed by atoms with Crippen molar-refractivity contribution in [3.05, 3.63) is 29.8 Å². The van der Waals surface area contributed by atoms with Crippen LogP contribution in [-0.4, -0.2) is 24.9 Å². The maximum absolute atomic E-state index is 5.31. The second-order valence-electron chi connectivity index (χ2n) is 3.54. The zero-order chi connectivity index (χ0) is 11.4. The largest absolute Gasteiger partial charge is 0.497 e. The SMILES string of the molecule is COc1cccc(C2(SC)SCCCS2)c1. The standard InChI is InChI=1S/C12H16OS3/c1-13-11-6-3-5-10(9-11)12(14-2)15-7-4-8-16-12/h3,5-6,9H,4,7-8H2,1-2H3. The maximum atomic E-state index is 5.31. The molecule has 88 valence electrons. The van der Waals surface area contributed by atoms with E-state index in [-0.39, 0.29) is 3.41 Å². The van der Waals surface area contributed by atoms with Crippen molar-refractivity contribution < 1.29 is 4.74 Å². The Labute approximate surface area is 110 Å². The number of rotatable bonds is 3. The lowest BCUT2D eigenvalue weighted by atomic mass is 10.2. The predicted molar refractivity (Wildman–Crippen MR) is 77.7 cm³/mol. The molecule has 0 unspecified atom stereocenters. The summed E-state index contributed by atoms with van der Waals surface area (Å²) in [6, 6.07) is 8.48. The minimum Gasteiger partial charge on any atom is -0.497 e. The van der Waals surface area contributed by atoms with Crippen LogP contribution in [0.3, 0.4) is 0 Å². The number of benzene rings is 1. The lowest BCUT2D eigenvalue weighted by molar-refractivity contribution is 0.414. The molecule has 0 aromatic heterocycles. The van der Waals surface area contributed by atoms with Crippen molar-refractivity contribution in [3.63, 3.8) is 0 Å². The van der Waals surface area contributed by atoms with Crippen LogP contribution in [0.25, 0.3) is 0 Å². The number of hydrogen-bond donors (Lipinski definition) is 0. The van der Waals surface area contributed by atoms with Crippen LogP contribution in [0.2, 0.25) is 0 Å². The summed E-state index contributed by atoms with van der Waals surface area (Å²) < 4.78 is 5.48. The second kappa shape index (κ2) is 5.61. The van der Waals surface area contributed by atoms with E-state index in [1.807, 2.05) is 17.8 Å². The van der Waals surface area contributed by atoms with Crippen molar-refractivity contribution in [1.29, 1.82) is 0 Å². The van der Waals surface area contributed by atoms with Gasteiger partial charge < -0.3 is 4.74 Å². The van der Waals surface area contributed by atoms with Gasteiger partial charge in [-0.25, -0.2) is 0 Å². The van der Waals surface area contributed by atoms with Gasteiger partial charge in [-0.15, -0.1) is 35.3 Å². The zero-order valence-corrected chi connectivity index (χ0v) is 12.0. The van der Waals surface area contributed by atoms with Gasteiger partial charge in [0, 0.05) is 0 Å².